The summed E-state index contributed by atoms with van der Waals surface area (Å²) in [4.78, 5) is 25.3. The molecule has 2 bridgehead atoms. The SMILES string of the molecule is [2H]C([2H])([2H])N1C2CCC1[C@@H](C(=O)O)[C@@H](OC(=O)c1ccccc1)C2. The van der Waals surface area contributed by atoms with Gasteiger partial charge in [-0.05, 0) is 32.0 Å². The molecule has 2 aliphatic rings. The second kappa shape index (κ2) is 5.48. The number of piperidine rings is 1. The maximum Gasteiger partial charge on any atom is 0.338 e. The first-order valence-electron chi connectivity index (χ1n) is 8.56. The van der Waals surface area contributed by atoms with Crippen molar-refractivity contribution in [1.29, 1.82) is 0 Å². The first-order chi connectivity index (χ1) is 11.3. The van der Waals surface area contributed by atoms with Crippen LogP contribution in [-0.4, -0.2) is 47.1 Å². The number of carboxylic acids is 1. The van der Waals surface area contributed by atoms with E-state index in [9.17, 15) is 14.7 Å². The van der Waals surface area contributed by atoms with Gasteiger partial charge in [-0.15, -0.1) is 0 Å². The molecule has 21 heavy (non-hydrogen) atoms. The average molecular weight is 292 g/mol. The minimum atomic E-state index is -2.34. The van der Waals surface area contributed by atoms with E-state index in [1.54, 1.807) is 30.3 Å². The fourth-order valence-corrected chi connectivity index (χ4v) is 3.38. The van der Waals surface area contributed by atoms with Crippen molar-refractivity contribution in [2.45, 2.75) is 37.5 Å². The normalized spacial score (nSPS) is 34.6. The number of nitrogens with zero attached hydrogens (tertiary/aromatic N) is 1. The van der Waals surface area contributed by atoms with E-state index in [-0.39, 0.29) is 12.5 Å². The standard InChI is InChI=1S/C16H19NO4/c1-17-11-7-8-12(17)14(15(18)19)13(9-11)21-16(20)10-5-3-2-4-6-10/h2-6,11-14H,7-9H2,1H3,(H,18,19)/t11?,12?,13-,14+/m0/s1/i1D3. The van der Waals surface area contributed by atoms with Crippen LogP contribution < -0.4 is 0 Å². The highest BCUT2D eigenvalue weighted by atomic mass is 16.5. The third kappa shape index (κ3) is 2.53. The van der Waals surface area contributed by atoms with Gasteiger partial charge in [-0.1, -0.05) is 18.2 Å². The number of ether oxygens (including phenoxy) is 1. The van der Waals surface area contributed by atoms with Crippen molar-refractivity contribution in [1.82, 2.24) is 4.90 Å². The van der Waals surface area contributed by atoms with E-state index >= 15 is 0 Å². The molecule has 0 saturated carbocycles. The van der Waals surface area contributed by atoms with Crippen molar-refractivity contribution < 1.29 is 23.5 Å². The van der Waals surface area contributed by atoms with Crippen LogP contribution in [0.25, 0.3) is 0 Å². The van der Waals surface area contributed by atoms with Crippen LogP contribution in [0.1, 0.15) is 33.7 Å². The number of carboxylic acid groups (broad SMARTS) is 1. The van der Waals surface area contributed by atoms with E-state index < -0.39 is 37.0 Å². The van der Waals surface area contributed by atoms with E-state index in [1.165, 1.54) is 4.90 Å². The number of fused-ring (bicyclic) bond motifs is 2. The number of esters is 1. The van der Waals surface area contributed by atoms with Gasteiger partial charge in [-0.2, -0.15) is 0 Å². The molecule has 1 aromatic rings. The zero-order chi connectivity index (χ0) is 17.5. The Labute approximate surface area is 127 Å². The first kappa shape index (κ1) is 10.8. The summed E-state index contributed by atoms with van der Waals surface area (Å²) in [5.41, 5.74) is 0.354. The molecule has 1 aromatic carbocycles. The summed E-state index contributed by atoms with van der Waals surface area (Å²) in [5.74, 6) is -2.73. The van der Waals surface area contributed by atoms with Crippen LogP contribution in [0.3, 0.4) is 0 Å². The van der Waals surface area contributed by atoms with Crippen LogP contribution in [-0.2, 0) is 9.53 Å². The number of hydrogen-bond acceptors (Lipinski definition) is 4. The van der Waals surface area contributed by atoms with Gasteiger partial charge in [0.05, 0.1) is 5.56 Å². The number of benzene rings is 1. The van der Waals surface area contributed by atoms with E-state index in [4.69, 9.17) is 8.85 Å². The van der Waals surface area contributed by atoms with Gasteiger partial charge in [0.15, 0.2) is 0 Å². The maximum atomic E-state index is 12.3. The lowest BCUT2D eigenvalue weighted by Crippen LogP contribution is -2.53. The molecule has 5 nitrogen and oxygen atoms in total. The Hall–Kier alpha value is -1.88. The highest BCUT2D eigenvalue weighted by Crippen LogP contribution is 2.39. The molecule has 2 fully saturated rings. The second-order valence-electron chi connectivity index (χ2n) is 5.62. The van der Waals surface area contributed by atoms with Crippen molar-refractivity contribution in [3.63, 3.8) is 0 Å². The lowest BCUT2D eigenvalue weighted by Gasteiger charge is -2.40. The van der Waals surface area contributed by atoms with Crippen LogP contribution >= 0.6 is 0 Å². The highest BCUT2D eigenvalue weighted by Gasteiger charge is 2.50. The summed E-state index contributed by atoms with van der Waals surface area (Å²) in [6, 6.07) is 7.45. The van der Waals surface area contributed by atoms with Gasteiger partial charge < -0.3 is 9.84 Å². The number of carbonyl (C=O) groups is 2. The number of hydrogen-bond donors (Lipinski definition) is 1. The molecule has 0 aromatic heterocycles. The van der Waals surface area contributed by atoms with E-state index in [1.807, 2.05) is 0 Å². The fourth-order valence-electron chi connectivity index (χ4n) is 3.38. The lowest BCUT2D eigenvalue weighted by molar-refractivity contribution is -0.152. The highest BCUT2D eigenvalue weighted by molar-refractivity contribution is 5.89. The maximum absolute atomic E-state index is 12.3. The molecule has 0 aliphatic carbocycles. The fraction of sp³-hybridized carbons (Fsp3) is 0.500. The zero-order valence-electron chi connectivity index (χ0n) is 14.4. The lowest BCUT2D eigenvalue weighted by atomic mass is 9.87. The minimum Gasteiger partial charge on any atom is -0.481 e. The molecule has 112 valence electrons. The van der Waals surface area contributed by atoms with Crippen LogP contribution in [0.15, 0.2) is 30.3 Å². The Morgan fingerprint density at radius 2 is 2.10 bits per heavy atom. The summed E-state index contributed by atoms with van der Waals surface area (Å²) >= 11 is 0. The molecular formula is C16H19NO4. The number of rotatable bonds is 3. The molecule has 0 spiro atoms. The summed E-state index contributed by atoms with van der Waals surface area (Å²) in [6.45, 7) is -2.34. The van der Waals surface area contributed by atoms with Gasteiger partial charge in [0.1, 0.15) is 12.0 Å². The molecule has 2 unspecified atom stereocenters. The largest absolute Gasteiger partial charge is 0.481 e. The Kier molecular flexibility index (Phi) is 2.82. The smallest absolute Gasteiger partial charge is 0.338 e. The summed E-state index contributed by atoms with van der Waals surface area (Å²) in [6.07, 6.45) is 0.502. The van der Waals surface area contributed by atoms with Crippen molar-refractivity contribution in [3.05, 3.63) is 35.9 Å². The van der Waals surface area contributed by atoms with Gasteiger partial charge in [0.25, 0.3) is 0 Å². The van der Waals surface area contributed by atoms with E-state index in [2.05, 4.69) is 0 Å². The zero-order valence-corrected chi connectivity index (χ0v) is 11.4. The van der Waals surface area contributed by atoms with Crippen LogP contribution in [0, 0.1) is 5.92 Å². The van der Waals surface area contributed by atoms with Gasteiger partial charge in [-0.3, -0.25) is 9.69 Å². The minimum absolute atomic E-state index is 0.227. The van der Waals surface area contributed by atoms with Crippen LogP contribution in [0.5, 0.6) is 0 Å². The van der Waals surface area contributed by atoms with Gasteiger partial charge in [-0.25, -0.2) is 4.79 Å². The van der Waals surface area contributed by atoms with Gasteiger partial charge in [0.2, 0.25) is 0 Å². The Morgan fingerprint density at radius 3 is 2.76 bits per heavy atom. The quantitative estimate of drug-likeness (QED) is 0.860. The predicted molar refractivity (Wildman–Crippen MR) is 76.0 cm³/mol. The van der Waals surface area contributed by atoms with Crippen molar-refractivity contribution in [2.24, 2.45) is 5.92 Å². The monoisotopic (exact) mass is 292 g/mol. The Bertz CT molecular complexity index is 634. The summed E-state index contributed by atoms with van der Waals surface area (Å²) in [7, 11) is 0. The molecule has 4 atom stereocenters. The van der Waals surface area contributed by atoms with Crippen molar-refractivity contribution in [2.75, 3.05) is 6.98 Å². The predicted octanol–water partition coefficient (Wildman–Crippen LogP) is 1.78. The number of aliphatic carboxylic acids is 1. The topological polar surface area (TPSA) is 66.8 Å². The third-order valence-electron chi connectivity index (χ3n) is 4.42. The van der Waals surface area contributed by atoms with Crippen LogP contribution in [0.4, 0.5) is 0 Å². The Morgan fingerprint density at radius 1 is 1.33 bits per heavy atom. The molecule has 2 saturated heterocycles. The molecule has 3 rings (SSSR count). The molecular weight excluding hydrogens is 270 g/mol. The third-order valence-corrected chi connectivity index (χ3v) is 4.42. The number of carbonyl (C=O) groups excluding carboxylic acids is 1. The van der Waals surface area contributed by atoms with E-state index in [0.29, 0.717) is 18.4 Å². The van der Waals surface area contributed by atoms with Crippen molar-refractivity contribution >= 4 is 11.9 Å². The second-order valence-corrected chi connectivity index (χ2v) is 5.62. The molecule has 5 heteroatoms. The summed E-state index contributed by atoms with van der Waals surface area (Å²) < 4.78 is 28.4. The molecule has 2 aliphatic heterocycles. The van der Waals surface area contributed by atoms with Crippen LogP contribution in [0.2, 0.25) is 0 Å². The Balaban J connectivity index is 1.82. The van der Waals surface area contributed by atoms with Crippen molar-refractivity contribution in [3.8, 4) is 0 Å². The molecule has 0 radical (unpaired) electrons. The van der Waals surface area contributed by atoms with Gasteiger partial charge >= 0.3 is 11.9 Å². The molecule has 0 amide bonds. The first-order valence-corrected chi connectivity index (χ1v) is 7.06. The molecule has 1 N–H and O–H groups in total. The van der Waals surface area contributed by atoms with Gasteiger partial charge in [0, 0.05) is 22.6 Å². The van der Waals surface area contributed by atoms with E-state index in [0.717, 1.165) is 0 Å². The summed E-state index contributed by atoms with van der Waals surface area (Å²) in [5, 5.41) is 9.59. The average Bonchev–Trinajstić information content (AvgIpc) is 2.83. The molecule has 2 heterocycles.